The van der Waals surface area contributed by atoms with Gasteiger partial charge < -0.3 is 18.5 Å². The van der Waals surface area contributed by atoms with Gasteiger partial charge in [0.05, 0.1) is 33.6 Å². The monoisotopic (exact) mass is 377 g/mol. The molecule has 0 aliphatic rings. The van der Waals surface area contributed by atoms with Gasteiger partial charge in [0, 0.05) is 23.1 Å². The number of rotatable bonds is 9. The van der Waals surface area contributed by atoms with E-state index in [0.29, 0.717) is 24.7 Å². The van der Waals surface area contributed by atoms with Gasteiger partial charge in [0.25, 0.3) is 0 Å². The van der Waals surface area contributed by atoms with Gasteiger partial charge in [0.1, 0.15) is 11.5 Å². The summed E-state index contributed by atoms with van der Waals surface area (Å²) in [6, 6.07) is 7.60. The Morgan fingerprint density at radius 2 is 1.73 bits per heavy atom. The molecule has 1 aromatic heterocycles. The molecule has 0 unspecified atom stereocenters. The van der Waals surface area contributed by atoms with Gasteiger partial charge in [-0.3, -0.25) is 9.55 Å². The molecule has 7 heteroatoms. The van der Waals surface area contributed by atoms with E-state index in [-0.39, 0.29) is 0 Å². The van der Waals surface area contributed by atoms with Gasteiger partial charge >= 0.3 is 7.60 Å². The molecule has 0 N–H and O–H groups in total. The van der Waals surface area contributed by atoms with E-state index in [2.05, 4.69) is 4.98 Å². The summed E-state index contributed by atoms with van der Waals surface area (Å²) < 4.78 is 33.8. The molecule has 0 atom stereocenters. The number of ether oxygens (including phenoxy) is 2. The van der Waals surface area contributed by atoms with Crippen molar-refractivity contribution in [3.05, 3.63) is 48.0 Å². The summed E-state index contributed by atoms with van der Waals surface area (Å²) in [6.45, 7) is 4.15. The van der Waals surface area contributed by atoms with E-state index < -0.39 is 7.60 Å². The van der Waals surface area contributed by atoms with Gasteiger partial charge in [-0.2, -0.15) is 0 Å². The van der Waals surface area contributed by atoms with Crippen LogP contribution in [0.15, 0.2) is 42.5 Å². The lowest BCUT2D eigenvalue weighted by Crippen LogP contribution is -1.93. The molecular formula is C19H24NO5P. The predicted octanol–water partition coefficient (Wildman–Crippen LogP) is 5.00. The second-order valence-electron chi connectivity index (χ2n) is 5.26. The molecule has 1 aromatic carbocycles. The highest BCUT2D eigenvalue weighted by Gasteiger charge is 2.19. The molecule has 0 saturated heterocycles. The fourth-order valence-corrected chi connectivity index (χ4v) is 3.70. The molecule has 0 fully saturated rings. The number of hydrogen-bond acceptors (Lipinski definition) is 6. The Labute approximate surface area is 154 Å². The van der Waals surface area contributed by atoms with Crippen LogP contribution in [0.2, 0.25) is 0 Å². The number of pyridine rings is 1. The zero-order valence-corrected chi connectivity index (χ0v) is 16.4. The summed E-state index contributed by atoms with van der Waals surface area (Å²) in [5, 5.41) is 0. The normalized spacial score (nSPS) is 11.7. The Hall–Kier alpha value is -2.14. The Kier molecular flexibility index (Phi) is 7.39. The van der Waals surface area contributed by atoms with Crippen LogP contribution in [0.3, 0.4) is 0 Å². The quantitative estimate of drug-likeness (QED) is 0.573. The lowest BCUT2D eigenvalue weighted by Gasteiger charge is -2.13. The zero-order chi connectivity index (χ0) is 19.0. The Bertz CT molecular complexity index is 796. The minimum atomic E-state index is -3.28. The van der Waals surface area contributed by atoms with Crippen LogP contribution in [-0.2, 0) is 13.6 Å². The largest absolute Gasteiger partial charge is 0.496 e. The summed E-state index contributed by atoms with van der Waals surface area (Å²) in [5.74, 6) is 2.79. The van der Waals surface area contributed by atoms with E-state index >= 15 is 0 Å². The average Bonchev–Trinajstić information content (AvgIpc) is 2.66. The van der Waals surface area contributed by atoms with E-state index in [1.807, 2.05) is 24.3 Å². The number of aromatic nitrogens is 1. The molecule has 6 nitrogen and oxygen atoms in total. The van der Waals surface area contributed by atoms with Crippen molar-refractivity contribution < 1.29 is 23.1 Å². The maximum atomic E-state index is 12.6. The van der Waals surface area contributed by atoms with Crippen molar-refractivity contribution in [1.82, 2.24) is 4.98 Å². The second kappa shape index (κ2) is 9.53. The van der Waals surface area contributed by atoms with Crippen molar-refractivity contribution in [3.63, 3.8) is 0 Å². The lowest BCUT2D eigenvalue weighted by atomic mass is 10.0. The van der Waals surface area contributed by atoms with Crippen molar-refractivity contribution in [3.8, 4) is 22.6 Å². The van der Waals surface area contributed by atoms with Gasteiger partial charge in [-0.15, -0.1) is 0 Å². The minimum Gasteiger partial charge on any atom is -0.496 e. The highest BCUT2D eigenvalue weighted by Crippen LogP contribution is 2.50. The van der Waals surface area contributed by atoms with Gasteiger partial charge in [0.2, 0.25) is 0 Å². The first-order valence-corrected chi connectivity index (χ1v) is 9.92. The Morgan fingerprint density at radius 3 is 2.35 bits per heavy atom. The maximum Gasteiger partial charge on any atom is 0.354 e. The van der Waals surface area contributed by atoms with Gasteiger partial charge in [-0.25, -0.2) is 0 Å². The molecule has 0 bridgehead atoms. The third kappa shape index (κ3) is 5.18. The van der Waals surface area contributed by atoms with Crippen molar-refractivity contribution in [2.75, 3.05) is 27.4 Å². The highest BCUT2D eigenvalue weighted by atomic mass is 31.2. The molecule has 0 aliphatic heterocycles. The van der Waals surface area contributed by atoms with E-state index in [9.17, 15) is 4.57 Å². The second-order valence-corrected chi connectivity index (χ2v) is 7.16. The highest BCUT2D eigenvalue weighted by molar-refractivity contribution is 7.57. The zero-order valence-electron chi connectivity index (χ0n) is 15.5. The van der Waals surface area contributed by atoms with Crippen LogP contribution in [-0.4, -0.2) is 32.4 Å². The standard InChI is InChI=1S/C19H24NO5P/c1-5-24-26(21,25-6-2)10-9-16-11-15(7-8-19(16)23-4)17-12-18(22-3)14-20-13-17/h7-14H,5-6H2,1-4H3/b10-9+. The Morgan fingerprint density at radius 1 is 1.00 bits per heavy atom. The number of benzene rings is 1. The topological polar surface area (TPSA) is 66.9 Å². The number of methoxy groups -OCH3 is 2. The minimum absolute atomic E-state index is 0.300. The summed E-state index contributed by atoms with van der Waals surface area (Å²) in [6.07, 6.45) is 5.10. The number of nitrogens with zero attached hydrogens (tertiary/aromatic N) is 1. The number of hydrogen-bond donors (Lipinski definition) is 0. The molecule has 0 radical (unpaired) electrons. The van der Waals surface area contributed by atoms with Crippen LogP contribution >= 0.6 is 7.60 Å². The van der Waals surface area contributed by atoms with Crippen LogP contribution in [0.4, 0.5) is 0 Å². The van der Waals surface area contributed by atoms with Crippen molar-refractivity contribution in [2.45, 2.75) is 13.8 Å². The molecule has 2 rings (SSSR count). The molecular weight excluding hydrogens is 353 g/mol. The van der Waals surface area contributed by atoms with E-state index in [0.717, 1.165) is 16.7 Å². The van der Waals surface area contributed by atoms with Gasteiger partial charge in [-0.05, 0) is 43.7 Å². The Balaban J connectivity index is 2.40. The lowest BCUT2D eigenvalue weighted by molar-refractivity contribution is 0.229. The summed E-state index contributed by atoms with van der Waals surface area (Å²) in [5.41, 5.74) is 2.59. The molecule has 0 aliphatic carbocycles. The molecule has 0 spiro atoms. The molecule has 0 saturated carbocycles. The molecule has 0 amide bonds. The van der Waals surface area contributed by atoms with Gasteiger partial charge in [-0.1, -0.05) is 6.07 Å². The fourth-order valence-electron chi connectivity index (χ4n) is 2.39. The first-order chi connectivity index (χ1) is 12.5. The molecule has 2 aromatic rings. The summed E-state index contributed by atoms with van der Waals surface area (Å²) in [4.78, 5) is 4.18. The molecule has 140 valence electrons. The van der Waals surface area contributed by atoms with Crippen molar-refractivity contribution in [2.24, 2.45) is 0 Å². The van der Waals surface area contributed by atoms with Gasteiger partial charge in [0.15, 0.2) is 0 Å². The van der Waals surface area contributed by atoms with Crippen LogP contribution in [0.5, 0.6) is 11.5 Å². The van der Waals surface area contributed by atoms with Crippen molar-refractivity contribution >= 4 is 13.7 Å². The predicted molar refractivity (Wildman–Crippen MR) is 103 cm³/mol. The first-order valence-electron chi connectivity index (χ1n) is 8.30. The SMILES string of the molecule is CCOP(=O)(/C=C/c1cc(-c2cncc(OC)c2)ccc1OC)OCC. The average molecular weight is 377 g/mol. The van der Waals surface area contributed by atoms with Crippen LogP contribution in [0.1, 0.15) is 19.4 Å². The van der Waals surface area contributed by atoms with E-state index in [1.54, 1.807) is 46.5 Å². The smallest absolute Gasteiger partial charge is 0.354 e. The van der Waals surface area contributed by atoms with E-state index in [1.165, 1.54) is 5.82 Å². The van der Waals surface area contributed by atoms with Crippen LogP contribution in [0, 0.1) is 0 Å². The van der Waals surface area contributed by atoms with E-state index in [4.69, 9.17) is 18.5 Å². The third-order valence-corrected chi connectivity index (χ3v) is 5.32. The molecule has 1 heterocycles. The first kappa shape index (κ1) is 20.2. The van der Waals surface area contributed by atoms with Crippen LogP contribution in [0.25, 0.3) is 17.2 Å². The van der Waals surface area contributed by atoms with Crippen molar-refractivity contribution in [1.29, 1.82) is 0 Å². The van der Waals surface area contributed by atoms with Crippen LogP contribution < -0.4 is 9.47 Å². The third-order valence-electron chi connectivity index (χ3n) is 3.57. The fraction of sp³-hybridized carbons (Fsp3) is 0.316. The maximum absolute atomic E-state index is 12.6. The summed E-state index contributed by atoms with van der Waals surface area (Å²) in [7, 11) is -0.0967. The molecule has 26 heavy (non-hydrogen) atoms. The summed E-state index contributed by atoms with van der Waals surface area (Å²) >= 11 is 0.